The molecular formula is C18H22N2O9S. The van der Waals surface area contributed by atoms with Gasteiger partial charge in [0, 0.05) is 24.6 Å². The van der Waals surface area contributed by atoms with Gasteiger partial charge in [0.2, 0.25) is 0 Å². The van der Waals surface area contributed by atoms with E-state index in [0.29, 0.717) is 12.3 Å². The first kappa shape index (κ1) is 22.2. The molecule has 0 aromatic heterocycles. The molecule has 2 heterocycles. The predicted octanol–water partition coefficient (Wildman–Crippen LogP) is 0.380. The quantitative estimate of drug-likeness (QED) is 0.416. The van der Waals surface area contributed by atoms with Gasteiger partial charge in [-0.15, -0.1) is 0 Å². The molecule has 1 N–H and O–H groups in total. The molecule has 4 amide bonds. The first-order valence-corrected chi connectivity index (χ1v) is 10.7. The van der Waals surface area contributed by atoms with Crippen LogP contribution in [0.4, 0.5) is 0 Å². The number of rotatable bonds is 8. The summed E-state index contributed by atoms with van der Waals surface area (Å²) < 4.78 is 23.7. The standard InChI is InChI=1S/C18H22N2O9S/c21-14-8-9-15(22)19(14)12-6-4-11(5-7-12)2-1-3-17(24)28-20-16(23)10-13(18(20)25)29-30(26)27/h8-9,11-13H,1-7,10H2,(H,26,27). The van der Waals surface area contributed by atoms with E-state index in [0.717, 1.165) is 32.1 Å². The van der Waals surface area contributed by atoms with E-state index in [1.807, 2.05) is 0 Å². The van der Waals surface area contributed by atoms with Gasteiger partial charge in [0.1, 0.15) is 0 Å². The Labute approximate surface area is 174 Å². The molecule has 2 aliphatic heterocycles. The van der Waals surface area contributed by atoms with Crippen LogP contribution in [-0.4, -0.2) is 60.5 Å². The van der Waals surface area contributed by atoms with E-state index in [2.05, 4.69) is 4.18 Å². The maximum absolute atomic E-state index is 12.0. The molecule has 0 aromatic carbocycles. The van der Waals surface area contributed by atoms with Crippen molar-refractivity contribution in [3.8, 4) is 0 Å². The van der Waals surface area contributed by atoms with Gasteiger partial charge in [0.15, 0.2) is 6.10 Å². The lowest BCUT2D eigenvalue weighted by atomic mass is 9.82. The summed E-state index contributed by atoms with van der Waals surface area (Å²) in [5.41, 5.74) is 0. The third-order valence-electron chi connectivity index (χ3n) is 5.47. The van der Waals surface area contributed by atoms with Crippen molar-refractivity contribution in [2.24, 2.45) is 5.92 Å². The molecule has 3 rings (SSSR count). The maximum Gasteiger partial charge on any atom is 0.333 e. The molecule has 0 spiro atoms. The molecule has 0 bridgehead atoms. The van der Waals surface area contributed by atoms with E-state index in [4.69, 9.17) is 9.39 Å². The van der Waals surface area contributed by atoms with E-state index in [-0.39, 0.29) is 29.3 Å². The van der Waals surface area contributed by atoms with Gasteiger partial charge >= 0.3 is 17.3 Å². The summed E-state index contributed by atoms with van der Waals surface area (Å²) in [7, 11) is 0. The Hall–Kier alpha value is -2.44. The van der Waals surface area contributed by atoms with Gasteiger partial charge in [0.25, 0.3) is 23.6 Å². The number of carbonyl (C=O) groups is 5. The molecule has 1 saturated carbocycles. The van der Waals surface area contributed by atoms with Crippen LogP contribution in [0.15, 0.2) is 12.2 Å². The average Bonchev–Trinajstić information content (AvgIpc) is 3.15. The molecule has 1 saturated heterocycles. The topological polar surface area (TPSA) is 148 Å². The average molecular weight is 442 g/mol. The maximum atomic E-state index is 12.0. The second-order valence-electron chi connectivity index (χ2n) is 7.44. The predicted molar refractivity (Wildman–Crippen MR) is 98.8 cm³/mol. The summed E-state index contributed by atoms with van der Waals surface area (Å²) in [6.45, 7) is 0. The van der Waals surface area contributed by atoms with Crippen molar-refractivity contribution in [3.05, 3.63) is 12.2 Å². The van der Waals surface area contributed by atoms with Gasteiger partial charge in [0.05, 0.1) is 6.42 Å². The molecule has 12 heteroatoms. The normalized spacial score (nSPS) is 27.8. The lowest BCUT2D eigenvalue weighted by Gasteiger charge is -2.33. The number of nitrogens with zero attached hydrogens (tertiary/aromatic N) is 2. The van der Waals surface area contributed by atoms with Crippen LogP contribution in [0.1, 0.15) is 51.4 Å². The number of carbonyl (C=O) groups excluding carboxylic acids is 5. The second kappa shape index (κ2) is 9.58. The van der Waals surface area contributed by atoms with Crippen LogP contribution in [-0.2, 0) is 44.4 Å². The third kappa shape index (κ3) is 5.18. The van der Waals surface area contributed by atoms with Crippen LogP contribution in [0, 0.1) is 5.92 Å². The lowest BCUT2D eigenvalue weighted by Crippen LogP contribution is -2.42. The summed E-state index contributed by atoms with van der Waals surface area (Å²) >= 11 is -2.72. The minimum absolute atomic E-state index is 0.00145. The molecule has 3 aliphatic rings. The number of imide groups is 2. The monoisotopic (exact) mass is 442 g/mol. The first-order valence-electron chi connectivity index (χ1n) is 9.67. The van der Waals surface area contributed by atoms with Crippen molar-refractivity contribution in [2.45, 2.75) is 63.5 Å². The molecule has 0 aromatic rings. The van der Waals surface area contributed by atoms with Crippen molar-refractivity contribution >= 4 is 41.0 Å². The fraction of sp³-hybridized carbons (Fsp3) is 0.611. The van der Waals surface area contributed by atoms with Gasteiger partial charge < -0.3 is 4.84 Å². The zero-order valence-electron chi connectivity index (χ0n) is 16.1. The fourth-order valence-corrected chi connectivity index (χ4v) is 4.35. The Kier molecular flexibility index (Phi) is 7.10. The zero-order chi connectivity index (χ0) is 21.8. The highest BCUT2D eigenvalue weighted by Gasteiger charge is 2.43. The van der Waals surface area contributed by atoms with Crippen LogP contribution >= 0.6 is 0 Å². The molecule has 0 radical (unpaired) electrons. The van der Waals surface area contributed by atoms with Crippen molar-refractivity contribution in [2.75, 3.05) is 0 Å². The van der Waals surface area contributed by atoms with Crippen LogP contribution in [0.3, 0.4) is 0 Å². The van der Waals surface area contributed by atoms with E-state index in [1.165, 1.54) is 17.1 Å². The number of hydroxylamine groups is 2. The van der Waals surface area contributed by atoms with Crippen LogP contribution in [0.25, 0.3) is 0 Å². The highest BCUT2D eigenvalue weighted by Crippen LogP contribution is 2.32. The Morgan fingerprint density at radius 1 is 1.10 bits per heavy atom. The Morgan fingerprint density at radius 3 is 2.33 bits per heavy atom. The van der Waals surface area contributed by atoms with E-state index in [1.54, 1.807) is 0 Å². The zero-order valence-corrected chi connectivity index (χ0v) is 16.9. The van der Waals surface area contributed by atoms with Gasteiger partial charge in [-0.2, -0.15) is 4.21 Å². The molecule has 1 aliphatic carbocycles. The summed E-state index contributed by atoms with van der Waals surface area (Å²) in [6, 6.07) is -0.0863. The fourth-order valence-electron chi connectivity index (χ4n) is 4.00. The SMILES string of the molecule is O=C(CCCC1CCC(N2C(=O)C=CC2=O)CC1)ON1C(=O)CC(OS(=O)O)C1=O. The van der Waals surface area contributed by atoms with E-state index in [9.17, 15) is 28.2 Å². The Balaban J connectivity index is 1.36. The molecular weight excluding hydrogens is 420 g/mol. The Bertz CT molecular complexity index is 785. The smallest absolute Gasteiger partial charge is 0.330 e. The molecule has 2 fully saturated rings. The van der Waals surface area contributed by atoms with Crippen LogP contribution in [0.5, 0.6) is 0 Å². The molecule has 164 valence electrons. The molecule has 11 nitrogen and oxygen atoms in total. The van der Waals surface area contributed by atoms with Crippen LogP contribution < -0.4 is 0 Å². The highest BCUT2D eigenvalue weighted by molar-refractivity contribution is 7.74. The van der Waals surface area contributed by atoms with Gasteiger partial charge in [-0.25, -0.2) is 4.79 Å². The Morgan fingerprint density at radius 2 is 1.73 bits per heavy atom. The van der Waals surface area contributed by atoms with Crippen molar-refractivity contribution in [1.29, 1.82) is 0 Å². The minimum Gasteiger partial charge on any atom is -0.330 e. The van der Waals surface area contributed by atoms with Gasteiger partial charge in [-0.05, 0) is 44.4 Å². The van der Waals surface area contributed by atoms with Gasteiger partial charge in [-0.1, -0.05) is 5.06 Å². The van der Waals surface area contributed by atoms with E-state index >= 15 is 0 Å². The summed E-state index contributed by atoms with van der Waals surface area (Å²) in [4.78, 5) is 65.2. The first-order chi connectivity index (χ1) is 14.3. The van der Waals surface area contributed by atoms with Crippen molar-refractivity contribution in [1.82, 2.24) is 9.96 Å². The summed E-state index contributed by atoms with van der Waals surface area (Å²) in [5, 5.41) is 0.281. The molecule has 2 atom stereocenters. The molecule has 2 unspecified atom stereocenters. The van der Waals surface area contributed by atoms with Crippen LogP contribution in [0.2, 0.25) is 0 Å². The van der Waals surface area contributed by atoms with Crippen molar-refractivity contribution in [3.63, 3.8) is 0 Å². The lowest BCUT2D eigenvalue weighted by molar-refractivity contribution is -0.198. The van der Waals surface area contributed by atoms with Crippen molar-refractivity contribution < 1.29 is 41.8 Å². The summed E-state index contributed by atoms with van der Waals surface area (Å²) in [6.07, 6.45) is 4.98. The third-order valence-corrected chi connectivity index (χ3v) is 5.87. The number of hydrogen-bond acceptors (Lipinski definition) is 8. The van der Waals surface area contributed by atoms with Gasteiger partial charge in [-0.3, -0.25) is 32.8 Å². The largest absolute Gasteiger partial charge is 0.333 e. The summed E-state index contributed by atoms with van der Waals surface area (Å²) in [5.74, 6) is -2.75. The molecule has 30 heavy (non-hydrogen) atoms. The second-order valence-corrected chi connectivity index (χ2v) is 8.07. The highest BCUT2D eigenvalue weighted by atomic mass is 32.2. The van der Waals surface area contributed by atoms with E-state index < -0.39 is 41.7 Å². The number of hydrogen-bond donors (Lipinski definition) is 1. The number of amides is 4. The minimum atomic E-state index is -2.72.